The zero-order chi connectivity index (χ0) is 12.3. The van der Waals surface area contributed by atoms with Crippen LogP contribution in [0, 0.1) is 30.3 Å². The van der Waals surface area contributed by atoms with Gasteiger partial charge < -0.3 is 0 Å². The van der Waals surface area contributed by atoms with Crippen molar-refractivity contribution < 1.29 is 14.8 Å². The SMILES string of the molecule is O=[N+]([O-])C(c1ccccn1)([N+](=O)[O-])[N+](=O)[O-]. The Balaban J connectivity index is 3.52. The molecule has 10 nitrogen and oxygen atoms in total. The van der Waals surface area contributed by atoms with Gasteiger partial charge >= 0.3 is 5.79 Å². The zero-order valence-corrected chi connectivity index (χ0v) is 7.55. The summed E-state index contributed by atoms with van der Waals surface area (Å²) in [5.74, 6) is -3.65. The van der Waals surface area contributed by atoms with Crippen molar-refractivity contribution >= 4 is 0 Å². The van der Waals surface area contributed by atoms with Gasteiger partial charge in [-0.3, -0.25) is 30.3 Å². The Kier molecular flexibility index (Phi) is 2.74. The second-order valence-corrected chi connectivity index (χ2v) is 2.62. The Labute approximate surface area is 87.0 Å². The third-order valence-electron chi connectivity index (χ3n) is 1.77. The van der Waals surface area contributed by atoms with Gasteiger partial charge in [0.1, 0.15) is 0 Å². The highest BCUT2D eigenvalue weighted by atomic mass is 16.7. The smallest absolute Gasteiger partial charge is 0.252 e. The Morgan fingerprint density at radius 3 is 1.81 bits per heavy atom. The molecule has 16 heavy (non-hydrogen) atoms. The van der Waals surface area contributed by atoms with Gasteiger partial charge in [0.2, 0.25) is 0 Å². The number of pyridine rings is 1. The van der Waals surface area contributed by atoms with E-state index in [2.05, 4.69) is 4.98 Å². The Bertz CT molecular complexity index is 410. The standard InChI is InChI=1S/C6H4N4O6/c11-8(12)6(9(13)14,10(15)16)5-3-1-2-4-7-5/h1-4H. The summed E-state index contributed by atoms with van der Waals surface area (Å²) in [7, 11) is 0. The minimum absolute atomic E-state index is 0.852. The first kappa shape index (κ1) is 11.4. The van der Waals surface area contributed by atoms with Gasteiger partial charge in [-0.15, -0.1) is 0 Å². The van der Waals surface area contributed by atoms with Crippen molar-refractivity contribution in [3.05, 3.63) is 60.4 Å². The number of nitro groups is 3. The first-order chi connectivity index (χ1) is 7.44. The number of hydrogen-bond acceptors (Lipinski definition) is 7. The predicted octanol–water partition coefficient (Wildman–Crippen LogP) is 0.0220. The fraction of sp³-hybridized carbons (Fsp3) is 0.167. The van der Waals surface area contributed by atoms with Crippen LogP contribution in [0.3, 0.4) is 0 Å². The lowest BCUT2D eigenvalue weighted by molar-refractivity contribution is -0.986. The lowest BCUT2D eigenvalue weighted by Gasteiger charge is -2.07. The van der Waals surface area contributed by atoms with Crippen molar-refractivity contribution in [2.24, 2.45) is 0 Å². The summed E-state index contributed by atoms with van der Waals surface area (Å²) in [5.41, 5.74) is -0.852. The minimum Gasteiger partial charge on any atom is -0.252 e. The average Bonchev–Trinajstić information content (AvgIpc) is 2.18. The Morgan fingerprint density at radius 2 is 1.50 bits per heavy atom. The maximum Gasteiger partial charge on any atom is 0.745 e. The molecule has 0 bridgehead atoms. The van der Waals surface area contributed by atoms with E-state index in [4.69, 9.17) is 0 Å². The van der Waals surface area contributed by atoms with Gasteiger partial charge in [-0.25, -0.2) is 4.98 Å². The van der Waals surface area contributed by atoms with E-state index < -0.39 is 26.3 Å². The van der Waals surface area contributed by atoms with Crippen molar-refractivity contribution in [1.82, 2.24) is 4.98 Å². The summed E-state index contributed by atoms with van der Waals surface area (Å²) in [6.07, 6.45) is 1.00. The maximum atomic E-state index is 10.6. The molecule has 1 aromatic rings. The highest BCUT2D eigenvalue weighted by Crippen LogP contribution is 2.24. The van der Waals surface area contributed by atoms with Crippen molar-refractivity contribution in [3.8, 4) is 0 Å². The lowest BCUT2D eigenvalue weighted by Crippen LogP contribution is -2.50. The molecule has 0 aliphatic heterocycles. The van der Waals surface area contributed by atoms with Crippen molar-refractivity contribution in [2.75, 3.05) is 0 Å². The van der Waals surface area contributed by atoms with Gasteiger partial charge in [0.15, 0.2) is 14.8 Å². The van der Waals surface area contributed by atoms with Crippen LogP contribution in [0.25, 0.3) is 0 Å². The molecular weight excluding hydrogens is 224 g/mol. The molecule has 0 aromatic carbocycles. The van der Waals surface area contributed by atoms with Gasteiger partial charge in [0.25, 0.3) is 5.69 Å². The topological polar surface area (TPSA) is 142 Å². The molecule has 0 saturated carbocycles. The average molecular weight is 228 g/mol. The summed E-state index contributed by atoms with van der Waals surface area (Å²) in [6, 6.07) is 3.37. The second-order valence-electron chi connectivity index (χ2n) is 2.62. The molecule has 0 radical (unpaired) electrons. The van der Waals surface area contributed by atoms with Gasteiger partial charge in [-0.1, -0.05) is 6.07 Å². The zero-order valence-electron chi connectivity index (χ0n) is 7.55. The van der Waals surface area contributed by atoms with Crippen LogP contribution >= 0.6 is 0 Å². The summed E-state index contributed by atoms with van der Waals surface area (Å²) in [5, 5.41) is 31.8. The van der Waals surface area contributed by atoms with Crippen LogP contribution < -0.4 is 0 Å². The van der Waals surface area contributed by atoms with Crippen LogP contribution in [-0.4, -0.2) is 19.8 Å². The van der Waals surface area contributed by atoms with Crippen molar-refractivity contribution in [2.45, 2.75) is 5.79 Å². The summed E-state index contributed by atoms with van der Waals surface area (Å²) >= 11 is 0. The molecule has 0 atom stereocenters. The number of rotatable bonds is 4. The van der Waals surface area contributed by atoms with E-state index in [1.54, 1.807) is 0 Å². The van der Waals surface area contributed by atoms with Crippen molar-refractivity contribution in [1.29, 1.82) is 0 Å². The van der Waals surface area contributed by atoms with Gasteiger partial charge in [0, 0.05) is 6.20 Å². The largest absolute Gasteiger partial charge is 0.745 e. The van der Waals surface area contributed by atoms with E-state index >= 15 is 0 Å². The van der Waals surface area contributed by atoms with Crippen LogP contribution in [-0.2, 0) is 5.79 Å². The van der Waals surface area contributed by atoms with Crippen LogP contribution in [0.5, 0.6) is 0 Å². The molecule has 0 N–H and O–H groups in total. The number of hydrogen-bond donors (Lipinski definition) is 0. The first-order valence-electron chi connectivity index (χ1n) is 3.79. The van der Waals surface area contributed by atoms with E-state index in [-0.39, 0.29) is 0 Å². The second kappa shape index (κ2) is 3.84. The normalized spacial score (nSPS) is 10.8. The third kappa shape index (κ3) is 1.41. The molecule has 0 saturated heterocycles. The third-order valence-corrected chi connectivity index (χ3v) is 1.77. The molecule has 0 fully saturated rings. The van der Waals surface area contributed by atoms with Gasteiger partial charge in [-0.05, 0) is 12.1 Å². The van der Waals surface area contributed by atoms with E-state index in [1.807, 2.05) is 0 Å². The highest BCUT2D eigenvalue weighted by Gasteiger charge is 2.73. The van der Waals surface area contributed by atoms with Crippen LogP contribution in [0.2, 0.25) is 0 Å². The van der Waals surface area contributed by atoms with Crippen LogP contribution in [0.15, 0.2) is 24.4 Å². The first-order valence-corrected chi connectivity index (χ1v) is 3.79. The molecule has 1 rings (SSSR count). The molecule has 0 aliphatic carbocycles. The predicted molar refractivity (Wildman–Crippen MR) is 46.9 cm³/mol. The van der Waals surface area contributed by atoms with Crippen LogP contribution in [0.4, 0.5) is 0 Å². The number of nitrogens with zero attached hydrogens (tertiary/aromatic N) is 4. The van der Waals surface area contributed by atoms with E-state index in [0.29, 0.717) is 0 Å². The Morgan fingerprint density at radius 1 is 1.00 bits per heavy atom. The van der Waals surface area contributed by atoms with E-state index in [1.165, 1.54) is 12.1 Å². The summed E-state index contributed by atoms with van der Waals surface area (Å²) in [4.78, 5) is 30.3. The van der Waals surface area contributed by atoms with Crippen LogP contribution in [0.1, 0.15) is 5.69 Å². The Hall–Kier alpha value is -2.65. The molecule has 0 amide bonds. The monoisotopic (exact) mass is 228 g/mol. The summed E-state index contributed by atoms with van der Waals surface area (Å²) in [6.45, 7) is 0. The van der Waals surface area contributed by atoms with E-state index in [0.717, 1.165) is 12.3 Å². The lowest BCUT2D eigenvalue weighted by atomic mass is 10.2. The molecule has 10 heteroatoms. The van der Waals surface area contributed by atoms with Gasteiger partial charge in [0.05, 0.1) is 0 Å². The van der Waals surface area contributed by atoms with Gasteiger partial charge in [-0.2, -0.15) is 0 Å². The summed E-state index contributed by atoms with van der Waals surface area (Å²) < 4.78 is 0. The fourth-order valence-electron chi connectivity index (χ4n) is 1.04. The van der Waals surface area contributed by atoms with E-state index in [9.17, 15) is 30.3 Å². The molecule has 1 aromatic heterocycles. The van der Waals surface area contributed by atoms with Crippen molar-refractivity contribution in [3.63, 3.8) is 0 Å². The maximum absolute atomic E-state index is 10.6. The minimum atomic E-state index is -3.65. The molecule has 0 aliphatic rings. The highest BCUT2D eigenvalue weighted by molar-refractivity contribution is 5.06. The molecule has 84 valence electrons. The molecule has 0 unspecified atom stereocenters. The fourth-order valence-corrected chi connectivity index (χ4v) is 1.04. The quantitative estimate of drug-likeness (QED) is 0.401. The molecule has 1 heterocycles. The number of aromatic nitrogens is 1. The molecular formula is C6H4N4O6. The molecule has 0 spiro atoms.